The van der Waals surface area contributed by atoms with E-state index in [4.69, 9.17) is 0 Å². The lowest BCUT2D eigenvalue weighted by Gasteiger charge is -2.31. The predicted molar refractivity (Wildman–Crippen MR) is 120 cm³/mol. The summed E-state index contributed by atoms with van der Waals surface area (Å²) >= 11 is 3.15. The zero-order valence-corrected chi connectivity index (χ0v) is 18.9. The summed E-state index contributed by atoms with van der Waals surface area (Å²) in [5.74, 6) is -0.625. The second kappa shape index (κ2) is 7.42. The van der Waals surface area contributed by atoms with Crippen molar-refractivity contribution in [3.8, 4) is 0 Å². The van der Waals surface area contributed by atoms with Crippen LogP contribution in [0, 0.1) is 0 Å². The van der Waals surface area contributed by atoms with Crippen LogP contribution in [0.4, 0.5) is 4.79 Å². The molecule has 2 atom stereocenters. The Balaban J connectivity index is 1.34. The number of carbonyl (C=O) groups is 3. The van der Waals surface area contributed by atoms with E-state index >= 15 is 0 Å². The number of imide groups is 1. The van der Waals surface area contributed by atoms with Crippen molar-refractivity contribution in [3.05, 3.63) is 51.2 Å². The molecule has 2 aromatic heterocycles. The second-order valence-electron chi connectivity index (χ2n) is 8.04. The average molecular weight is 455 g/mol. The van der Waals surface area contributed by atoms with Gasteiger partial charge in [-0.05, 0) is 49.8 Å². The van der Waals surface area contributed by atoms with Gasteiger partial charge in [-0.25, -0.2) is 9.78 Å². The van der Waals surface area contributed by atoms with E-state index in [-0.39, 0.29) is 24.4 Å². The summed E-state index contributed by atoms with van der Waals surface area (Å²) in [4.78, 5) is 47.5. The van der Waals surface area contributed by atoms with Crippen molar-refractivity contribution >= 4 is 50.7 Å². The fourth-order valence-corrected chi connectivity index (χ4v) is 6.44. The number of urea groups is 1. The first kappa shape index (κ1) is 20.1. The molecule has 1 aliphatic heterocycles. The highest BCUT2D eigenvalue weighted by molar-refractivity contribution is 7.18. The fraction of sp³-hybridized carbons (Fsp3) is 0.364. The molecule has 3 heterocycles. The number of carbonyl (C=O) groups excluding carboxylic acids is 3. The lowest BCUT2D eigenvalue weighted by molar-refractivity contribution is -0.139. The van der Waals surface area contributed by atoms with Gasteiger partial charge in [-0.1, -0.05) is 12.1 Å². The molecule has 0 saturated carbocycles. The molecule has 3 aromatic rings. The van der Waals surface area contributed by atoms with E-state index in [9.17, 15) is 14.4 Å². The number of fused-ring (bicyclic) bond motifs is 3. The van der Waals surface area contributed by atoms with Crippen LogP contribution in [-0.2, 0) is 21.5 Å². The molecule has 4 amide bonds. The van der Waals surface area contributed by atoms with Crippen molar-refractivity contribution in [1.82, 2.24) is 20.1 Å². The maximum Gasteiger partial charge on any atom is 0.325 e. The van der Waals surface area contributed by atoms with E-state index in [2.05, 4.69) is 10.3 Å². The molecule has 1 aromatic carbocycles. The van der Waals surface area contributed by atoms with E-state index in [0.717, 1.165) is 43.4 Å². The predicted octanol–water partition coefficient (Wildman–Crippen LogP) is 3.66. The molecule has 1 spiro atoms. The van der Waals surface area contributed by atoms with Gasteiger partial charge in [-0.15, -0.1) is 22.7 Å². The normalized spacial score (nSPS) is 21.4. The SMILES string of the molecule is C[C@@H](c1nc2ccccc2s1)N(C)C(=O)CN1C(=O)N[C@]2(CCCc3sccc32)C1=O. The van der Waals surface area contributed by atoms with Crippen LogP contribution in [0.5, 0.6) is 0 Å². The van der Waals surface area contributed by atoms with E-state index < -0.39 is 11.6 Å². The Bertz CT molecular complexity index is 1170. The molecule has 0 bridgehead atoms. The number of hydrogen-bond donors (Lipinski definition) is 1. The molecule has 0 radical (unpaired) electrons. The quantitative estimate of drug-likeness (QED) is 0.610. The minimum absolute atomic E-state index is 0.266. The largest absolute Gasteiger partial charge is 0.335 e. The molecule has 1 saturated heterocycles. The lowest BCUT2D eigenvalue weighted by Crippen LogP contribution is -2.47. The molecule has 1 N–H and O–H groups in total. The van der Waals surface area contributed by atoms with Crippen molar-refractivity contribution in [3.63, 3.8) is 0 Å². The molecule has 0 unspecified atom stereocenters. The average Bonchev–Trinajstić information content (AvgIpc) is 3.47. The van der Waals surface area contributed by atoms with Crippen molar-refractivity contribution in [1.29, 1.82) is 0 Å². The number of amides is 4. The summed E-state index contributed by atoms with van der Waals surface area (Å²) in [5.41, 5.74) is 0.755. The number of hydrogen-bond acceptors (Lipinski definition) is 6. The molecular weight excluding hydrogens is 432 g/mol. The standard InChI is InChI=1S/C22H22N4O3S2/c1-13(19-23-15-6-3-4-7-17(15)31-19)25(2)18(27)12-26-20(28)22(24-21(26)29)10-5-8-16-14(22)9-11-30-16/h3-4,6-7,9,11,13H,5,8,10,12H2,1-2H3,(H,24,29)/t13-,22-/m0/s1. The van der Waals surface area contributed by atoms with Gasteiger partial charge in [0.2, 0.25) is 5.91 Å². The van der Waals surface area contributed by atoms with Gasteiger partial charge in [0.25, 0.3) is 5.91 Å². The molecule has 7 nitrogen and oxygen atoms in total. The highest BCUT2D eigenvalue weighted by Crippen LogP contribution is 2.42. The molecule has 9 heteroatoms. The number of thiazole rings is 1. The first-order valence-electron chi connectivity index (χ1n) is 10.2. The summed E-state index contributed by atoms with van der Waals surface area (Å²) in [5, 5.41) is 5.67. The fourth-order valence-electron chi connectivity index (χ4n) is 4.38. The third-order valence-electron chi connectivity index (χ3n) is 6.27. The second-order valence-corrected chi connectivity index (χ2v) is 10.1. The smallest absolute Gasteiger partial charge is 0.325 e. The van der Waals surface area contributed by atoms with Crippen LogP contribution in [0.2, 0.25) is 0 Å². The molecule has 2 aliphatic rings. The van der Waals surface area contributed by atoms with Gasteiger partial charge >= 0.3 is 6.03 Å². The summed E-state index contributed by atoms with van der Waals surface area (Å²) < 4.78 is 1.06. The Kier molecular flexibility index (Phi) is 4.82. The number of nitrogens with zero attached hydrogens (tertiary/aromatic N) is 3. The van der Waals surface area contributed by atoms with Crippen molar-refractivity contribution in [2.24, 2.45) is 0 Å². The van der Waals surface area contributed by atoms with Crippen molar-refractivity contribution in [2.45, 2.75) is 37.8 Å². The van der Waals surface area contributed by atoms with Crippen molar-refractivity contribution < 1.29 is 14.4 Å². The summed E-state index contributed by atoms with van der Waals surface area (Å²) in [6.45, 7) is 1.62. The Morgan fingerprint density at radius 2 is 2.13 bits per heavy atom. The Hall–Kier alpha value is -2.78. The molecular formula is C22H22N4O3S2. The Morgan fingerprint density at radius 3 is 2.94 bits per heavy atom. The van der Waals surface area contributed by atoms with Crippen LogP contribution in [-0.4, -0.2) is 46.2 Å². The molecule has 160 valence electrons. The van der Waals surface area contributed by atoms with Crippen molar-refractivity contribution in [2.75, 3.05) is 13.6 Å². The number of benzene rings is 1. The first-order valence-corrected chi connectivity index (χ1v) is 11.9. The maximum absolute atomic E-state index is 13.3. The monoisotopic (exact) mass is 454 g/mol. The van der Waals surface area contributed by atoms with E-state index in [1.807, 2.05) is 42.6 Å². The maximum atomic E-state index is 13.3. The van der Waals surface area contributed by atoms with E-state index in [1.54, 1.807) is 34.6 Å². The topological polar surface area (TPSA) is 82.6 Å². The summed E-state index contributed by atoms with van der Waals surface area (Å²) in [6, 6.07) is 8.99. The highest BCUT2D eigenvalue weighted by Gasteiger charge is 2.54. The van der Waals surface area contributed by atoms with Gasteiger partial charge in [-0.3, -0.25) is 14.5 Å². The Labute approximate surface area is 187 Å². The van der Waals surface area contributed by atoms with Crippen LogP contribution in [0.1, 0.15) is 41.3 Å². The van der Waals surface area contributed by atoms with Gasteiger partial charge in [-0.2, -0.15) is 0 Å². The van der Waals surface area contributed by atoms with Crippen LogP contribution < -0.4 is 5.32 Å². The van der Waals surface area contributed by atoms with E-state index in [1.165, 1.54) is 0 Å². The Morgan fingerprint density at radius 1 is 1.32 bits per heavy atom. The lowest BCUT2D eigenvalue weighted by atomic mass is 9.80. The number of aromatic nitrogens is 1. The van der Waals surface area contributed by atoms with Crippen LogP contribution in [0.3, 0.4) is 0 Å². The van der Waals surface area contributed by atoms with Crippen LogP contribution in [0.15, 0.2) is 35.7 Å². The third-order valence-corrected chi connectivity index (χ3v) is 8.46. The molecule has 1 fully saturated rings. The van der Waals surface area contributed by atoms with Gasteiger partial charge < -0.3 is 10.2 Å². The number of para-hydroxylation sites is 1. The summed E-state index contributed by atoms with van der Waals surface area (Å²) in [7, 11) is 1.69. The molecule has 31 heavy (non-hydrogen) atoms. The first-order chi connectivity index (χ1) is 14.9. The zero-order valence-electron chi connectivity index (χ0n) is 17.3. The van der Waals surface area contributed by atoms with Gasteiger partial charge in [0.1, 0.15) is 17.1 Å². The molecule has 1 aliphatic carbocycles. The molecule has 5 rings (SSSR count). The minimum atomic E-state index is -1.03. The number of nitrogens with one attached hydrogen (secondary N) is 1. The number of rotatable bonds is 4. The third kappa shape index (κ3) is 3.14. The minimum Gasteiger partial charge on any atom is -0.335 e. The highest BCUT2D eigenvalue weighted by atomic mass is 32.1. The summed E-state index contributed by atoms with van der Waals surface area (Å²) in [6.07, 6.45) is 2.30. The van der Waals surface area contributed by atoms with Gasteiger partial charge in [0, 0.05) is 17.5 Å². The van der Waals surface area contributed by atoms with Gasteiger partial charge in [0.15, 0.2) is 0 Å². The van der Waals surface area contributed by atoms with E-state index in [0.29, 0.717) is 6.42 Å². The van der Waals surface area contributed by atoms with Crippen LogP contribution in [0.25, 0.3) is 10.2 Å². The zero-order chi connectivity index (χ0) is 21.8. The van der Waals surface area contributed by atoms with Gasteiger partial charge in [0.05, 0.1) is 16.3 Å². The number of aryl methyl sites for hydroxylation is 1. The number of thiophene rings is 1. The van der Waals surface area contributed by atoms with Crippen LogP contribution >= 0.6 is 22.7 Å². The number of likely N-dealkylation sites (N-methyl/N-ethyl adjacent to an activating group) is 1.